The molecule has 0 fully saturated rings. The van der Waals surface area contributed by atoms with E-state index in [-0.39, 0.29) is 18.2 Å². The molecule has 110 valence electrons. The Morgan fingerprint density at radius 3 is 2.45 bits per heavy atom. The van der Waals surface area contributed by atoms with Gasteiger partial charge in [0.25, 0.3) is 0 Å². The van der Waals surface area contributed by atoms with Crippen LogP contribution in [-0.2, 0) is 14.3 Å². The number of halogens is 1. The zero-order valence-corrected chi connectivity index (χ0v) is 12.0. The molecule has 0 saturated heterocycles. The molecule has 0 aliphatic carbocycles. The van der Waals surface area contributed by atoms with Gasteiger partial charge in [-0.1, -0.05) is 0 Å². The van der Waals surface area contributed by atoms with Crippen LogP contribution in [0.1, 0.15) is 27.7 Å². The van der Waals surface area contributed by atoms with E-state index in [1.807, 2.05) is 20.8 Å². The molecule has 0 radical (unpaired) electrons. The number of benzene rings is 1. The molecule has 2 N–H and O–H groups in total. The highest BCUT2D eigenvalue weighted by molar-refractivity contribution is 5.94. The van der Waals surface area contributed by atoms with Gasteiger partial charge in [-0.2, -0.15) is 0 Å². The molecule has 0 atom stereocenters. The van der Waals surface area contributed by atoms with Gasteiger partial charge in [-0.3, -0.25) is 9.59 Å². The number of anilines is 2. The lowest BCUT2D eigenvalue weighted by Crippen LogP contribution is -2.27. The minimum atomic E-state index is -0.580. The molecule has 2 amide bonds. The summed E-state index contributed by atoms with van der Waals surface area (Å²) in [6, 6.07) is 3.94. The van der Waals surface area contributed by atoms with Crippen molar-refractivity contribution in [3.63, 3.8) is 0 Å². The van der Waals surface area contributed by atoms with E-state index in [2.05, 4.69) is 10.6 Å². The Hall–Kier alpha value is -1.95. The van der Waals surface area contributed by atoms with Gasteiger partial charge in [0.1, 0.15) is 12.4 Å². The lowest BCUT2D eigenvalue weighted by Gasteiger charge is -2.19. The number of amides is 2. The summed E-state index contributed by atoms with van der Waals surface area (Å²) in [7, 11) is 0. The Morgan fingerprint density at radius 2 is 1.90 bits per heavy atom. The third-order valence-electron chi connectivity index (χ3n) is 2.20. The van der Waals surface area contributed by atoms with Crippen molar-refractivity contribution in [2.45, 2.75) is 33.3 Å². The van der Waals surface area contributed by atoms with Crippen molar-refractivity contribution in [3.8, 4) is 0 Å². The molecule has 0 aliphatic rings. The molecule has 0 bridgehead atoms. The number of hydrogen-bond acceptors (Lipinski definition) is 3. The second-order valence-corrected chi connectivity index (χ2v) is 5.33. The van der Waals surface area contributed by atoms with Crippen LogP contribution in [0.5, 0.6) is 0 Å². The number of ether oxygens (including phenoxy) is 1. The van der Waals surface area contributed by atoms with Crippen molar-refractivity contribution in [1.29, 1.82) is 0 Å². The van der Waals surface area contributed by atoms with Crippen molar-refractivity contribution >= 4 is 23.2 Å². The molecule has 1 aromatic carbocycles. The zero-order valence-electron chi connectivity index (χ0n) is 12.0. The van der Waals surface area contributed by atoms with Crippen LogP contribution in [0.25, 0.3) is 0 Å². The van der Waals surface area contributed by atoms with Gasteiger partial charge in [0, 0.05) is 12.6 Å². The minimum absolute atomic E-state index is 0.00115. The lowest BCUT2D eigenvalue weighted by molar-refractivity contribution is -0.125. The Kier molecular flexibility index (Phi) is 5.21. The van der Waals surface area contributed by atoms with Gasteiger partial charge in [0.15, 0.2) is 0 Å². The molecule has 0 aliphatic heterocycles. The van der Waals surface area contributed by atoms with Gasteiger partial charge in [0.05, 0.1) is 11.3 Å². The number of hydrogen-bond donors (Lipinski definition) is 2. The number of nitrogens with one attached hydrogen (secondary N) is 2. The van der Waals surface area contributed by atoms with Crippen molar-refractivity contribution < 1.29 is 18.7 Å². The smallest absolute Gasteiger partial charge is 0.250 e. The van der Waals surface area contributed by atoms with Crippen LogP contribution in [-0.4, -0.2) is 24.0 Å². The van der Waals surface area contributed by atoms with Gasteiger partial charge in [-0.15, -0.1) is 0 Å². The standard InChI is InChI=1S/C14H19FN2O3/c1-9(18)16-10-5-6-11(15)12(7-10)17-13(19)8-20-14(2,3)4/h5-7H,8H2,1-4H3,(H,16,18)(H,17,19). The normalized spacial score (nSPS) is 11.1. The molecular formula is C14H19FN2O3. The largest absolute Gasteiger partial charge is 0.366 e. The van der Waals surface area contributed by atoms with E-state index in [1.54, 1.807) is 0 Å². The molecular weight excluding hydrogens is 263 g/mol. The van der Waals surface area contributed by atoms with E-state index in [1.165, 1.54) is 25.1 Å². The van der Waals surface area contributed by atoms with Gasteiger partial charge in [-0.05, 0) is 39.0 Å². The first-order valence-corrected chi connectivity index (χ1v) is 6.18. The predicted molar refractivity (Wildman–Crippen MR) is 75.0 cm³/mol. The predicted octanol–water partition coefficient (Wildman–Crippen LogP) is 2.54. The highest BCUT2D eigenvalue weighted by Crippen LogP contribution is 2.19. The zero-order chi connectivity index (χ0) is 15.3. The first kappa shape index (κ1) is 16.1. The fourth-order valence-electron chi connectivity index (χ4n) is 1.37. The van der Waals surface area contributed by atoms with Crippen molar-refractivity contribution in [3.05, 3.63) is 24.0 Å². The van der Waals surface area contributed by atoms with Crippen molar-refractivity contribution in [2.24, 2.45) is 0 Å². The van der Waals surface area contributed by atoms with E-state index in [4.69, 9.17) is 4.74 Å². The Labute approximate surface area is 117 Å². The molecule has 1 aromatic rings. The van der Waals surface area contributed by atoms with Crippen LogP contribution < -0.4 is 10.6 Å². The molecule has 0 heterocycles. The Bertz CT molecular complexity index is 510. The summed E-state index contributed by atoms with van der Waals surface area (Å²) in [5.74, 6) is -1.31. The first-order chi connectivity index (χ1) is 9.17. The summed E-state index contributed by atoms with van der Waals surface area (Å²) in [5.41, 5.74) is -0.0433. The lowest BCUT2D eigenvalue weighted by atomic mass is 10.2. The maximum Gasteiger partial charge on any atom is 0.250 e. The number of carbonyl (C=O) groups excluding carboxylic acids is 2. The summed E-state index contributed by atoms with van der Waals surface area (Å²) in [6.07, 6.45) is 0. The molecule has 5 nitrogen and oxygen atoms in total. The third-order valence-corrected chi connectivity index (χ3v) is 2.20. The molecule has 0 unspecified atom stereocenters. The summed E-state index contributed by atoms with van der Waals surface area (Å²) in [5, 5.41) is 4.92. The van der Waals surface area contributed by atoms with Crippen LogP contribution in [0.3, 0.4) is 0 Å². The fraction of sp³-hybridized carbons (Fsp3) is 0.429. The fourth-order valence-corrected chi connectivity index (χ4v) is 1.37. The van der Waals surface area contributed by atoms with E-state index in [9.17, 15) is 14.0 Å². The summed E-state index contributed by atoms with van der Waals surface area (Å²) < 4.78 is 18.9. The first-order valence-electron chi connectivity index (χ1n) is 6.18. The second kappa shape index (κ2) is 6.47. The van der Waals surface area contributed by atoms with E-state index in [0.717, 1.165) is 0 Å². The maximum atomic E-state index is 13.6. The molecule has 20 heavy (non-hydrogen) atoms. The summed E-state index contributed by atoms with van der Waals surface area (Å²) in [4.78, 5) is 22.6. The van der Waals surface area contributed by atoms with Gasteiger partial charge in [-0.25, -0.2) is 4.39 Å². The highest BCUT2D eigenvalue weighted by atomic mass is 19.1. The van der Waals surface area contributed by atoms with Gasteiger partial charge in [0.2, 0.25) is 11.8 Å². The maximum absolute atomic E-state index is 13.6. The van der Waals surface area contributed by atoms with Crippen LogP contribution in [0.15, 0.2) is 18.2 Å². The highest BCUT2D eigenvalue weighted by Gasteiger charge is 2.14. The molecule has 6 heteroatoms. The van der Waals surface area contributed by atoms with Crippen LogP contribution >= 0.6 is 0 Å². The van der Waals surface area contributed by atoms with Crippen molar-refractivity contribution in [2.75, 3.05) is 17.2 Å². The van der Waals surface area contributed by atoms with Crippen LogP contribution in [0.2, 0.25) is 0 Å². The molecule has 0 spiro atoms. The quantitative estimate of drug-likeness (QED) is 0.891. The van der Waals surface area contributed by atoms with Crippen LogP contribution in [0.4, 0.5) is 15.8 Å². The van der Waals surface area contributed by atoms with E-state index >= 15 is 0 Å². The second-order valence-electron chi connectivity index (χ2n) is 5.33. The Balaban J connectivity index is 2.71. The van der Waals surface area contributed by atoms with E-state index in [0.29, 0.717) is 5.69 Å². The third kappa shape index (κ3) is 5.79. The number of rotatable bonds is 4. The Morgan fingerprint density at radius 1 is 1.25 bits per heavy atom. The number of carbonyl (C=O) groups is 2. The van der Waals surface area contributed by atoms with Gasteiger partial charge >= 0.3 is 0 Å². The SMILES string of the molecule is CC(=O)Nc1ccc(F)c(NC(=O)COC(C)(C)C)c1. The van der Waals surface area contributed by atoms with Crippen molar-refractivity contribution in [1.82, 2.24) is 0 Å². The molecule has 0 aromatic heterocycles. The molecule has 0 saturated carbocycles. The van der Waals surface area contributed by atoms with Gasteiger partial charge < -0.3 is 15.4 Å². The topological polar surface area (TPSA) is 67.4 Å². The average Bonchev–Trinajstić information content (AvgIpc) is 2.29. The molecule has 1 rings (SSSR count). The minimum Gasteiger partial charge on any atom is -0.366 e. The monoisotopic (exact) mass is 282 g/mol. The van der Waals surface area contributed by atoms with E-state index < -0.39 is 17.3 Å². The summed E-state index contributed by atoms with van der Waals surface area (Å²) in [6.45, 7) is 6.63. The summed E-state index contributed by atoms with van der Waals surface area (Å²) >= 11 is 0. The van der Waals surface area contributed by atoms with Crippen LogP contribution in [0, 0.1) is 5.82 Å². The average molecular weight is 282 g/mol.